The van der Waals surface area contributed by atoms with Gasteiger partial charge in [0, 0.05) is 38.9 Å². The van der Waals surface area contributed by atoms with Crippen molar-refractivity contribution in [3.8, 4) is 0 Å². The zero-order valence-electron chi connectivity index (χ0n) is 15.3. The quantitative estimate of drug-likeness (QED) is 0.450. The lowest BCUT2D eigenvalue weighted by Gasteiger charge is -2.15. The van der Waals surface area contributed by atoms with E-state index in [-0.39, 0.29) is 6.61 Å². The highest BCUT2D eigenvalue weighted by atomic mass is 16.3. The normalized spacial score (nSPS) is 13.2. The molecule has 138 valence electrons. The van der Waals surface area contributed by atoms with E-state index < -0.39 is 0 Å². The average molecular weight is 346 g/mol. The zero-order valence-corrected chi connectivity index (χ0v) is 15.3. The first-order chi connectivity index (χ1) is 12.3. The van der Waals surface area contributed by atoms with Crippen LogP contribution in [0.5, 0.6) is 0 Å². The Hall–Kier alpha value is -2.15. The van der Waals surface area contributed by atoms with E-state index in [1.165, 1.54) is 0 Å². The Morgan fingerprint density at radius 1 is 1.24 bits per heavy atom. The molecule has 7 heteroatoms. The number of aliphatic hydroxyl groups is 1. The predicted molar refractivity (Wildman–Crippen MR) is 101 cm³/mol. The summed E-state index contributed by atoms with van der Waals surface area (Å²) in [6, 6.07) is 5.89. The van der Waals surface area contributed by atoms with Crippen LogP contribution < -0.4 is 10.6 Å². The van der Waals surface area contributed by atoms with Crippen molar-refractivity contribution in [2.24, 2.45) is 10.9 Å². The molecule has 0 radical (unpaired) electrons. The van der Waals surface area contributed by atoms with Gasteiger partial charge in [-0.05, 0) is 37.8 Å². The number of hydrogen-bond donors (Lipinski definition) is 3. The number of aliphatic hydroxyl groups excluding tert-OH is 1. The Kier molecular flexibility index (Phi) is 8.18. The van der Waals surface area contributed by atoms with Crippen LogP contribution >= 0.6 is 0 Å². The lowest BCUT2D eigenvalue weighted by atomic mass is 10.0. The molecule has 0 aliphatic heterocycles. The summed E-state index contributed by atoms with van der Waals surface area (Å²) in [5.41, 5.74) is 0.865. The highest BCUT2D eigenvalue weighted by molar-refractivity contribution is 5.79. The highest BCUT2D eigenvalue weighted by Crippen LogP contribution is 2.11. The van der Waals surface area contributed by atoms with Gasteiger partial charge >= 0.3 is 0 Å². The van der Waals surface area contributed by atoms with Gasteiger partial charge in [0.05, 0.1) is 0 Å². The van der Waals surface area contributed by atoms with Crippen molar-refractivity contribution in [1.82, 2.24) is 25.2 Å². The topological polar surface area (TPSA) is 86.8 Å². The SMILES string of the molecule is CCCC(CCO)CN=C(NCC)NCCc1nnc2ccccn12. The van der Waals surface area contributed by atoms with E-state index in [1.54, 1.807) is 0 Å². The summed E-state index contributed by atoms with van der Waals surface area (Å²) in [5, 5.41) is 24.2. The standard InChI is InChI=1S/C18H30N6O/c1-3-7-15(10-13-25)14-21-18(19-4-2)20-11-9-17-23-22-16-8-5-6-12-24(16)17/h5-6,8,12,15,25H,3-4,7,9-11,13-14H2,1-2H3,(H2,19,20,21). The number of rotatable bonds is 10. The molecule has 1 atom stereocenters. The van der Waals surface area contributed by atoms with E-state index >= 15 is 0 Å². The van der Waals surface area contributed by atoms with Crippen LogP contribution in [-0.2, 0) is 6.42 Å². The van der Waals surface area contributed by atoms with Gasteiger partial charge in [0.1, 0.15) is 5.82 Å². The first-order valence-corrected chi connectivity index (χ1v) is 9.20. The molecule has 0 fully saturated rings. The van der Waals surface area contributed by atoms with Gasteiger partial charge in [0.15, 0.2) is 11.6 Å². The first kappa shape index (κ1) is 19.2. The maximum absolute atomic E-state index is 9.17. The zero-order chi connectivity index (χ0) is 17.9. The van der Waals surface area contributed by atoms with Gasteiger partial charge < -0.3 is 15.7 Å². The van der Waals surface area contributed by atoms with E-state index in [2.05, 4.69) is 39.7 Å². The second-order valence-electron chi connectivity index (χ2n) is 6.11. The fraction of sp³-hybridized carbons (Fsp3) is 0.611. The van der Waals surface area contributed by atoms with Gasteiger partial charge in [-0.25, -0.2) is 0 Å². The molecule has 2 aromatic rings. The molecule has 0 saturated heterocycles. The largest absolute Gasteiger partial charge is 0.396 e. The second-order valence-corrected chi connectivity index (χ2v) is 6.11. The summed E-state index contributed by atoms with van der Waals surface area (Å²) in [4.78, 5) is 4.67. The first-order valence-electron chi connectivity index (χ1n) is 9.20. The van der Waals surface area contributed by atoms with Gasteiger partial charge in [-0.15, -0.1) is 10.2 Å². The molecule has 3 N–H and O–H groups in total. The molecule has 0 amide bonds. The molecule has 2 aromatic heterocycles. The molecule has 0 saturated carbocycles. The van der Waals surface area contributed by atoms with Crippen molar-refractivity contribution < 1.29 is 5.11 Å². The monoisotopic (exact) mass is 346 g/mol. The van der Waals surface area contributed by atoms with E-state index in [4.69, 9.17) is 0 Å². The molecule has 0 bridgehead atoms. The number of hydrogen-bond acceptors (Lipinski definition) is 4. The van der Waals surface area contributed by atoms with E-state index in [0.29, 0.717) is 5.92 Å². The third-order valence-corrected chi connectivity index (χ3v) is 4.11. The van der Waals surface area contributed by atoms with Crippen LogP contribution in [-0.4, -0.2) is 51.9 Å². The fourth-order valence-corrected chi connectivity index (χ4v) is 2.83. The van der Waals surface area contributed by atoms with Crippen LogP contribution in [0, 0.1) is 5.92 Å². The van der Waals surface area contributed by atoms with Crippen LogP contribution in [0.4, 0.5) is 0 Å². The number of aliphatic imine (C=N–C) groups is 1. The maximum Gasteiger partial charge on any atom is 0.191 e. The van der Waals surface area contributed by atoms with Crippen LogP contribution in [0.2, 0.25) is 0 Å². The molecular formula is C18H30N6O. The molecule has 0 aromatic carbocycles. The van der Waals surface area contributed by atoms with Crippen molar-refractivity contribution in [3.05, 3.63) is 30.2 Å². The van der Waals surface area contributed by atoms with Crippen molar-refractivity contribution >= 4 is 11.6 Å². The molecule has 7 nitrogen and oxygen atoms in total. The summed E-state index contributed by atoms with van der Waals surface area (Å²) in [6.45, 7) is 6.74. The van der Waals surface area contributed by atoms with Crippen molar-refractivity contribution in [3.63, 3.8) is 0 Å². The highest BCUT2D eigenvalue weighted by Gasteiger charge is 2.08. The minimum atomic E-state index is 0.226. The van der Waals surface area contributed by atoms with Crippen LogP contribution in [0.15, 0.2) is 29.4 Å². The van der Waals surface area contributed by atoms with Gasteiger partial charge in [-0.3, -0.25) is 9.39 Å². The summed E-state index contributed by atoms with van der Waals surface area (Å²) >= 11 is 0. The average Bonchev–Trinajstić information content (AvgIpc) is 3.03. The Labute approximate surface area is 149 Å². The molecule has 0 spiro atoms. The lowest BCUT2D eigenvalue weighted by Crippen LogP contribution is -2.38. The summed E-state index contributed by atoms with van der Waals surface area (Å²) in [5.74, 6) is 2.18. The molecule has 25 heavy (non-hydrogen) atoms. The minimum Gasteiger partial charge on any atom is -0.396 e. The van der Waals surface area contributed by atoms with E-state index in [1.807, 2.05) is 28.8 Å². The number of fused-ring (bicyclic) bond motifs is 1. The van der Waals surface area contributed by atoms with Gasteiger partial charge in [0.2, 0.25) is 0 Å². The lowest BCUT2D eigenvalue weighted by molar-refractivity contribution is 0.253. The Bertz CT molecular complexity index is 648. The van der Waals surface area contributed by atoms with Crippen molar-refractivity contribution in [1.29, 1.82) is 0 Å². The number of pyridine rings is 1. The predicted octanol–water partition coefficient (Wildman–Crippen LogP) is 1.63. The van der Waals surface area contributed by atoms with Crippen LogP contribution in [0.3, 0.4) is 0 Å². The van der Waals surface area contributed by atoms with Crippen LogP contribution in [0.25, 0.3) is 5.65 Å². The molecule has 0 aliphatic rings. The van der Waals surface area contributed by atoms with Crippen molar-refractivity contribution in [2.45, 2.75) is 39.5 Å². The van der Waals surface area contributed by atoms with Gasteiger partial charge in [-0.1, -0.05) is 19.4 Å². The summed E-state index contributed by atoms with van der Waals surface area (Å²) < 4.78 is 2.00. The second kappa shape index (κ2) is 10.7. The Balaban J connectivity index is 1.88. The summed E-state index contributed by atoms with van der Waals surface area (Å²) in [7, 11) is 0. The molecule has 2 rings (SSSR count). The van der Waals surface area contributed by atoms with E-state index in [9.17, 15) is 5.11 Å². The Morgan fingerprint density at radius 3 is 2.88 bits per heavy atom. The third kappa shape index (κ3) is 6.01. The summed E-state index contributed by atoms with van der Waals surface area (Å²) in [6.07, 6.45) is 5.76. The fourth-order valence-electron chi connectivity index (χ4n) is 2.83. The number of aromatic nitrogens is 3. The molecule has 0 aliphatic carbocycles. The number of nitrogens with zero attached hydrogens (tertiary/aromatic N) is 4. The number of nitrogens with one attached hydrogen (secondary N) is 2. The molecular weight excluding hydrogens is 316 g/mol. The van der Waals surface area contributed by atoms with Gasteiger partial charge in [0.25, 0.3) is 0 Å². The van der Waals surface area contributed by atoms with Crippen LogP contribution in [0.1, 0.15) is 38.9 Å². The smallest absolute Gasteiger partial charge is 0.191 e. The Morgan fingerprint density at radius 2 is 2.12 bits per heavy atom. The maximum atomic E-state index is 9.17. The molecule has 2 heterocycles. The van der Waals surface area contributed by atoms with Crippen molar-refractivity contribution in [2.75, 3.05) is 26.2 Å². The molecule has 1 unspecified atom stereocenters. The van der Waals surface area contributed by atoms with E-state index in [0.717, 1.165) is 62.7 Å². The number of guanidine groups is 1. The van der Waals surface area contributed by atoms with Gasteiger partial charge in [-0.2, -0.15) is 0 Å². The minimum absolute atomic E-state index is 0.226. The third-order valence-electron chi connectivity index (χ3n) is 4.11.